The number of aliphatic hydroxyl groups is 1. The summed E-state index contributed by atoms with van der Waals surface area (Å²) < 4.78 is 0. The van der Waals surface area contributed by atoms with Crippen LogP contribution in [0.2, 0.25) is 10.0 Å². The fourth-order valence-corrected chi connectivity index (χ4v) is 1.42. The monoisotopic (exact) mass is 220 g/mol. The summed E-state index contributed by atoms with van der Waals surface area (Å²) in [4.78, 5) is 10.4. The van der Waals surface area contributed by atoms with Crippen LogP contribution in [0.15, 0.2) is 18.2 Å². The molecular weight excluding hydrogens is 215 g/mol. The van der Waals surface area contributed by atoms with Gasteiger partial charge < -0.3 is 10.2 Å². The number of aliphatic hydroxyl groups excluding tert-OH is 1. The van der Waals surface area contributed by atoms with Crippen molar-refractivity contribution < 1.29 is 15.0 Å². The first kappa shape index (κ1) is 10.3. The van der Waals surface area contributed by atoms with Crippen LogP contribution < -0.4 is 0 Å². The van der Waals surface area contributed by atoms with Crippen LogP contribution in [0.1, 0.15) is 11.7 Å². The molecule has 0 aromatic heterocycles. The number of carboxylic acids is 1. The van der Waals surface area contributed by atoms with Gasteiger partial charge in [0.1, 0.15) is 0 Å². The molecule has 0 saturated heterocycles. The number of carboxylic acid groups (broad SMARTS) is 1. The van der Waals surface area contributed by atoms with E-state index in [0.717, 1.165) is 0 Å². The average Bonchev–Trinajstić information content (AvgIpc) is 2.01. The van der Waals surface area contributed by atoms with Gasteiger partial charge in [-0.2, -0.15) is 0 Å². The SMILES string of the molecule is O=C(O)C(O)c1cc(Cl)cc(Cl)c1. The highest BCUT2D eigenvalue weighted by molar-refractivity contribution is 6.34. The largest absolute Gasteiger partial charge is 0.479 e. The third-order valence-corrected chi connectivity index (χ3v) is 1.87. The van der Waals surface area contributed by atoms with Crippen molar-refractivity contribution in [2.75, 3.05) is 0 Å². The molecule has 0 heterocycles. The second-order valence-electron chi connectivity index (χ2n) is 2.44. The van der Waals surface area contributed by atoms with E-state index in [-0.39, 0.29) is 5.56 Å². The number of rotatable bonds is 2. The highest BCUT2D eigenvalue weighted by atomic mass is 35.5. The van der Waals surface area contributed by atoms with Crippen LogP contribution in [0.5, 0.6) is 0 Å². The molecule has 13 heavy (non-hydrogen) atoms. The molecule has 0 amide bonds. The van der Waals surface area contributed by atoms with E-state index >= 15 is 0 Å². The number of halogens is 2. The molecule has 1 rings (SSSR count). The van der Waals surface area contributed by atoms with Gasteiger partial charge in [-0.25, -0.2) is 4.79 Å². The Kier molecular flexibility index (Phi) is 3.14. The Hall–Kier alpha value is -0.770. The summed E-state index contributed by atoms with van der Waals surface area (Å²) in [6.07, 6.45) is -1.59. The van der Waals surface area contributed by atoms with Crippen molar-refractivity contribution in [3.63, 3.8) is 0 Å². The maximum Gasteiger partial charge on any atom is 0.337 e. The fourth-order valence-electron chi connectivity index (χ4n) is 0.876. The Morgan fingerprint density at radius 2 is 1.69 bits per heavy atom. The number of carbonyl (C=O) groups is 1. The molecule has 0 aliphatic rings. The van der Waals surface area contributed by atoms with E-state index in [9.17, 15) is 4.79 Å². The predicted octanol–water partition coefficient (Wildman–Crippen LogP) is 2.11. The Morgan fingerprint density at radius 1 is 1.23 bits per heavy atom. The van der Waals surface area contributed by atoms with Gasteiger partial charge in [0.05, 0.1) is 0 Å². The molecule has 0 fully saturated rings. The Balaban J connectivity index is 3.07. The second kappa shape index (κ2) is 3.96. The van der Waals surface area contributed by atoms with Gasteiger partial charge in [0.2, 0.25) is 0 Å². The Bertz CT molecular complexity index is 318. The summed E-state index contributed by atoms with van der Waals surface area (Å²) in [7, 11) is 0. The quantitative estimate of drug-likeness (QED) is 0.803. The minimum Gasteiger partial charge on any atom is -0.479 e. The molecule has 2 N–H and O–H groups in total. The molecular formula is C8H6Cl2O3. The molecule has 5 heteroatoms. The molecule has 0 bridgehead atoms. The van der Waals surface area contributed by atoms with E-state index < -0.39 is 12.1 Å². The zero-order valence-corrected chi connectivity index (χ0v) is 7.88. The first-order valence-corrected chi connectivity index (χ1v) is 4.13. The lowest BCUT2D eigenvalue weighted by Gasteiger charge is -2.06. The Labute approximate surface area is 84.5 Å². The molecule has 0 aliphatic carbocycles. The van der Waals surface area contributed by atoms with Crippen LogP contribution in [0.25, 0.3) is 0 Å². The van der Waals surface area contributed by atoms with Gasteiger partial charge in [-0.15, -0.1) is 0 Å². The molecule has 70 valence electrons. The molecule has 0 saturated carbocycles. The highest BCUT2D eigenvalue weighted by Crippen LogP contribution is 2.23. The van der Waals surface area contributed by atoms with Gasteiger partial charge >= 0.3 is 5.97 Å². The fraction of sp³-hybridized carbons (Fsp3) is 0.125. The summed E-state index contributed by atoms with van der Waals surface area (Å²) in [6.45, 7) is 0. The molecule has 3 nitrogen and oxygen atoms in total. The molecule has 1 aromatic rings. The first-order chi connectivity index (χ1) is 6.00. The van der Waals surface area contributed by atoms with E-state index in [0.29, 0.717) is 10.0 Å². The zero-order valence-electron chi connectivity index (χ0n) is 6.37. The summed E-state index contributed by atoms with van der Waals surface area (Å²) >= 11 is 11.2. The van der Waals surface area contributed by atoms with Gasteiger partial charge in [0, 0.05) is 10.0 Å². The van der Waals surface area contributed by atoms with Crippen molar-refractivity contribution in [1.29, 1.82) is 0 Å². The molecule has 1 atom stereocenters. The number of hydrogen-bond donors (Lipinski definition) is 2. The summed E-state index contributed by atoms with van der Waals surface area (Å²) in [6, 6.07) is 4.17. The molecule has 0 aliphatic heterocycles. The lowest BCUT2D eigenvalue weighted by atomic mass is 10.1. The van der Waals surface area contributed by atoms with Crippen LogP contribution in [-0.4, -0.2) is 16.2 Å². The van der Waals surface area contributed by atoms with Gasteiger partial charge in [0.15, 0.2) is 6.10 Å². The molecule has 1 aromatic carbocycles. The third-order valence-electron chi connectivity index (χ3n) is 1.43. The van der Waals surface area contributed by atoms with Crippen LogP contribution >= 0.6 is 23.2 Å². The summed E-state index contributed by atoms with van der Waals surface area (Å²) in [5, 5.41) is 18.2. The second-order valence-corrected chi connectivity index (χ2v) is 3.32. The topological polar surface area (TPSA) is 57.5 Å². The van der Waals surface area contributed by atoms with Crippen molar-refractivity contribution in [3.05, 3.63) is 33.8 Å². The third kappa shape index (κ3) is 2.59. The van der Waals surface area contributed by atoms with Gasteiger partial charge in [0.25, 0.3) is 0 Å². The van der Waals surface area contributed by atoms with Crippen molar-refractivity contribution in [2.45, 2.75) is 6.10 Å². The highest BCUT2D eigenvalue weighted by Gasteiger charge is 2.16. The average molecular weight is 221 g/mol. The first-order valence-electron chi connectivity index (χ1n) is 3.37. The van der Waals surface area contributed by atoms with E-state index in [2.05, 4.69) is 0 Å². The minimum absolute atomic E-state index is 0.171. The van der Waals surface area contributed by atoms with Gasteiger partial charge in [-0.1, -0.05) is 23.2 Å². The Morgan fingerprint density at radius 3 is 2.08 bits per heavy atom. The number of hydrogen-bond acceptors (Lipinski definition) is 2. The summed E-state index contributed by atoms with van der Waals surface area (Å²) in [5.74, 6) is -1.33. The molecule has 1 unspecified atom stereocenters. The smallest absolute Gasteiger partial charge is 0.337 e. The zero-order chi connectivity index (χ0) is 10.0. The van der Waals surface area contributed by atoms with E-state index in [1.54, 1.807) is 0 Å². The maximum atomic E-state index is 10.4. The number of aliphatic carboxylic acids is 1. The van der Waals surface area contributed by atoms with Crippen LogP contribution in [0, 0.1) is 0 Å². The number of benzene rings is 1. The van der Waals surface area contributed by atoms with Crippen molar-refractivity contribution in [2.24, 2.45) is 0 Å². The van der Waals surface area contributed by atoms with Crippen LogP contribution in [0.4, 0.5) is 0 Å². The van der Waals surface area contributed by atoms with Crippen LogP contribution in [-0.2, 0) is 4.79 Å². The lowest BCUT2D eigenvalue weighted by Crippen LogP contribution is -2.10. The van der Waals surface area contributed by atoms with Crippen LogP contribution in [0.3, 0.4) is 0 Å². The summed E-state index contributed by atoms with van der Waals surface area (Å²) in [5.41, 5.74) is 0.171. The molecule has 0 spiro atoms. The van der Waals surface area contributed by atoms with Crippen molar-refractivity contribution >= 4 is 29.2 Å². The predicted molar refractivity (Wildman–Crippen MR) is 49.1 cm³/mol. The minimum atomic E-state index is -1.59. The standard InChI is InChI=1S/C8H6Cl2O3/c9-5-1-4(2-6(10)3-5)7(11)8(12)13/h1-3,7,11H,(H,12,13). The van der Waals surface area contributed by atoms with E-state index in [1.807, 2.05) is 0 Å². The maximum absolute atomic E-state index is 10.4. The normalized spacial score (nSPS) is 12.5. The van der Waals surface area contributed by atoms with E-state index in [1.165, 1.54) is 18.2 Å². The van der Waals surface area contributed by atoms with Crippen molar-refractivity contribution in [1.82, 2.24) is 0 Å². The molecule has 0 radical (unpaired) electrons. The van der Waals surface area contributed by atoms with E-state index in [4.69, 9.17) is 33.4 Å². The van der Waals surface area contributed by atoms with Gasteiger partial charge in [-0.3, -0.25) is 0 Å². The van der Waals surface area contributed by atoms with Crippen molar-refractivity contribution in [3.8, 4) is 0 Å². The lowest BCUT2D eigenvalue weighted by molar-refractivity contribution is -0.146. The van der Waals surface area contributed by atoms with Gasteiger partial charge in [-0.05, 0) is 23.8 Å².